The Morgan fingerprint density at radius 3 is 1.35 bits per heavy atom. The van der Waals surface area contributed by atoms with Crippen LogP contribution in [0.25, 0.3) is 0 Å². The van der Waals surface area contributed by atoms with Crippen molar-refractivity contribution in [3.05, 3.63) is 38.0 Å². The fraction of sp³-hybridized carbons (Fsp3) is 0.775. The summed E-state index contributed by atoms with van der Waals surface area (Å²) < 4.78 is 9.79. The normalized spacial score (nSPS) is 10.1. The number of amides is 1. The van der Waals surface area contributed by atoms with E-state index in [4.69, 9.17) is 15.6 Å². The van der Waals surface area contributed by atoms with Crippen LogP contribution in [0, 0.1) is 0 Å². The zero-order valence-corrected chi connectivity index (χ0v) is 31.1. The fourth-order valence-corrected chi connectivity index (χ4v) is 4.65. The molecule has 0 spiro atoms. The molecule has 0 atom stereocenters. The SMILES string of the molecule is C=CCCCCCCCCC(=O)NCCCOC(=O)CCCCCCCCC=C.C=CCCCCCCCCC(=O)OC.NCCCO. The van der Waals surface area contributed by atoms with Gasteiger partial charge in [0.25, 0.3) is 0 Å². The fourth-order valence-electron chi connectivity index (χ4n) is 4.65. The molecule has 4 N–H and O–H groups in total. The Morgan fingerprint density at radius 1 is 0.583 bits per heavy atom. The van der Waals surface area contributed by atoms with E-state index in [1.807, 2.05) is 18.2 Å². The van der Waals surface area contributed by atoms with Crippen molar-refractivity contribution in [1.82, 2.24) is 5.32 Å². The van der Waals surface area contributed by atoms with E-state index < -0.39 is 0 Å². The average Bonchev–Trinajstić information content (AvgIpc) is 3.09. The molecule has 0 rings (SSSR count). The summed E-state index contributed by atoms with van der Waals surface area (Å²) in [5.74, 6) is -0.0937. The van der Waals surface area contributed by atoms with Gasteiger partial charge in [-0.3, -0.25) is 14.4 Å². The number of aliphatic hydroxyl groups is 1. The van der Waals surface area contributed by atoms with Crippen LogP contribution in [-0.4, -0.2) is 56.4 Å². The first kappa shape index (κ1) is 49.9. The maximum atomic E-state index is 11.8. The number of nitrogens with one attached hydrogen (secondary N) is 1. The number of allylic oxidation sites excluding steroid dienone is 3. The summed E-state index contributed by atoms with van der Waals surface area (Å²) in [6.07, 6.45) is 33.4. The number of carbonyl (C=O) groups excluding carboxylic acids is 3. The van der Waals surface area contributed by atoms with Crippen LogP contribution in [0.4, 0.5) is 0 Å². The van der Waals surface area contributed by atoms with E-state index >= 15 is 0 Å². The van der Waals surface area contributed by atoms with Gasteiger partial charge in [-0.1, -0.05) is 95.3 Å². The summed E-state index contributed by atoms with van der Waals surface area (Å²) in [7, 11) is 1.44. The molecule has 0 aromatic heterocycles. The van der Waals surface area contributed by atoms with Gasteiger partial charge in [0.1, 0.15) is 0 Å². The minimum absolute atomic E-state index is 0.0864. The number of rotatable bonds is 33. The van der Waals surface area contributed by atoms with E-state index in [0.717, 1.165) is 64.2 Å². The first-order valence-corrected chi connectivity index (χ1v) is 19.1. The van der Waals surface area contributed by atoms with Crippen LogP contribution >= 0.6 is 0 Å². The number of unbranched alkanes of at least 4 members (excludes halogenated alkanes) is 18. The second-order valence-corrected chi connectivity index (χ2v) is 12.2. The van der Waals surface area contributed by atoms with Gasteiger partial charge in [-0.15, -0.1) is 19.7 Å². The van der Waals surface area contributed by atoms with Crippen molar-refractivity contribution in [2.75, 3.05) is 33.4 Å². The number of aliphatic hydroxyl groups excluding tert-OH is 1. The third kappa shape index (κ3) is 50.4. The second-order valence-electron chi connectivity index (χ2n) is 12.2. The van der Waals surface area contributed by atoms with Gasteiger partial charge in [0.2, 0.25) is 5.91 Å². The molecule has 0 fully saturated rings. The van der Waals surface area contributed by atoms with Crippen LogP contribution in [0.3, 0.4) is 0 Å². The van der Waals surface area contributed by atoms with E-state index in [-0.39, 0.29) is 24.5 Å². The predicted molar refractivity (Wildman–Crippen MR) is 203 cm³/mol. The molecule has 8 heteroatoms. The molecule has 48 heavy (non-hydrogen) atoms. The van der Waals surface area contributed by atoms with Gasteiger partial charge in [0.05, 0.1) is 13.7 Å². The highest BCUT2D eigenvalue weighted by Gasteiger charge is 2.04. The van der Waals surface area contributed by atoms with Gasteiger partial charge >= 0.3 is 11.9 Å². The lowest BCUT2D eigenvalue weighted by atomic mass is 10.1. The molecule has 0 aromatic rings. The van der Waals surface area contributed by atoms with Crippen molar-refractivity contribution < 1.29 is 29.0 Å². The van der Waals surface area contributed by atoms with Crippen molar-refractivity contribution in [2.24, 2.45) is 5.73 Å². The van der Waals surface area contributed by atoms with Crippen LogP contribution in [0.1, 0.15) is 167 Å². The number of carbonyl (C=O) groups is 3. The topological polar surface area (TPSA) is 128 Å². The average molecular weight is 681 g/mol. The van der Waals surface area contributed by atoms with Crippen molar-refractivity contribution in [2.45, 2.75) is 167 Å². The highest BCUT2D eigenvalue weighted by atomic mass is 16.5. The van der Waals surface area contributed by atoms with E-state index in [1.165, 1.54) is 84.2 Å². The zero-order valence-electron chi connectivity index (χ0n) is 31.1. The van der Waals surface area contributed by atoms with Gasteiger partial charge in [-0.05, 0) is 77.2 Å². The standard InChI is InChI=1S/C25H45NO3.C12H22O2.C3H9NO/c1-3-5-7-9-11-13-15-17-20-24(27)26-22-19-23-29-25(28)21-18-16-14-12-10-8-6-4-2;1-3-4-5-6-7-8-9-10-11-12(13)14-2;4-2-1-3-5/h3-4H,1-2,5-23H2,(H,26,27);3H,1,4-11H2,2H3;5H,1-4H2. The summed E-state index contributed by atoms with van der Waals surface area (Å²) in [4.78, 5) is 34.2. The molecule has 0 saturated carbocycles. The van der Waals surface area contributed by atoms with Gasteiger partial charge in [-0.2, -0.15) is 0 Å². The molecule has 0 unspecified atom stereocenters. The Morgan fingerprint density at radius 2 is 0.979 bits per heavy atom. The molecule has 0 saturated heterocycles. The van der Waals surface area contributed by atoms with Gasteiger partial charge < -0.3 is 25.6 Å². The van der Waals surface area contributed by atoms with Crippen molar-refractivity contribution in [1.29, 1.82) is 0 Å². The monoisotopic (exact) mass is 681 g/mol. The Labute approximate surface area is 295 Å². The van der Waals surface area contributed by atoms with E-state index in [1.54, 1.807) is 0 Å². The summed E-state index contributed by atoms with van der Waals surface area (Å²) in [5, 5.41) is 10.9. The van der Waals surface area contributed by atoms with Crippen LogP contribution in [0.15, 0.2) is 38.0 Å². The predicted octanol–water partition coefficient (Wildman–Crippen LogP) is 9.44. The highest BCUT2D eigenvalue weighted by Crippen LogP contribution is 2.11. The van der Waals surface area contributed by atoms with Crippen LogP contribution < -0.4 is 11.1 Å². The quantitative estimate of drug-likeness (QED) is 0.0358. The van der Waals surface area contributed by atoms with Crippen molar-refractivity contribution in [3.63, 3.8) is 0 Å². The van der Waals surface area contributed by atoms with E-state index in [2.05, 4.69) is 29.8 Å². The molecule has 8 nitrogen and oxygen atoms in total. The molecule has 0 radical (unpaired) electrons. The summed E-state index contributed by atoms with van der Waals surface area (Å²) in [6, 6.07) is 0. The molecule has 0 aliphatic rings. The Bertz CT molecular complexity index is 689. The lowest BCUT2D eigenvalue weighted by Gasteiger charge is -2.07. The highest BCUT2D eigenvalue weighted by molar-refractivity contribution is 5.75. The van der Waals surface area contributed by atoms with Crippen LogP contribution in [-0.2, 0) is 23.9 Å². The third-order valence-electron chi connectivity index (χ3n) is 7.64. The number of nitrogens with two attached hydrogens (primary N) is 1. The maximum Gasteiger partial charge on any atom is 0.305 e. The van der Waals surface area contributed by atoms with Crippen LogP contribution in [0.5, 0.6) is 0 Å². The maximum absolute atomic E-state index is 11.8. The second kappa shape index (κ2) is 46.7. The number of methoxy groups -OCH3 is 1. The van der Waals surface area contributed by atoms with Crippen molar-refractivity contribution >= 4 is 17.8 Å². The van der Waals surface area contributed by atoms with E-state index in [9.17, 15) is 14.4 Å². The number of ether oxygens (including phenoxy) is 2. The van der Waals surface area contributed by atoms with Gasteiger partial charge in [0, 0.05) is 32.4 Å². The molecular formula is C40H76N2O6. The van der Waals surface area contributed by atoms with Gasteiger partial charge in [0.15, 0.2) is 0 Å². The third-order valence-corrected chi connectivity index (χ3v) is 7.64. The minimum Gasteiger partial charge on any atom is -0.469 e. The Balaban J connectivity index is -0.000000877. The Kier molecular flexibility index (Phi) is 48.5. The van der Waals surface area contributed by atoms with Gasteiger partial charge in [-0.25, -0.2) is 0 Å². The molecule has 1 amide bonds. The molecule has 0 aliphatic heterocycles. The molecule has 0 aromatic carbocycles. The number of esters is 2. The number of hydrogen-bond acceptors (Lipinski definition) is 7. The zero-order chi connectivity index (χ0) is 36.2. The lowest BCUT2D eigenvalue weighted by Crippen LogP contribution is -2.25. The van der Waals surface area contributed by atoms with E-state index in [0.29, 0.717) is 45.4 Å². The summed E-state index contributed by atoms with van der Waals surface area (Å²) >= 11 is 0. The minimum atomic E-state index is -0.115. The Hall–Kier alpha value is -2.45. The first-order chi connectivity index (χ1) is 23.4. The molecule has 282 valence electrons. The number of hydrogen-bond donors (Lipinski definition) is 3. The molecular weight excluding hydrogens is 604 g/mol. The lowest BCUT2D eigenvalue weighted by molar-refractivity contribution is -0.144. The molecule has 0 bridgehead atoms. The molecule has 0 heterocycles. The van der Waals surface area contributed by atoms with Crippen molar-refractivity contribution in [3.8, 4) is 0 Å². The van der Waals surface area contributed by atoms with Crippen LogP contribution in [0.2, 0.25) is 0 Å². The first-order valence-electron chi connectivity index (χ1n) is 19.1. The summed E-state index contributed by atoms with van der Waals surface area (Å²) in [5.41, 5.74) is 4.98. The largest absolute Gasteiger partial charge is 0.469 e. The molecule has 0 aliphatic carbocycles. The summed E-state index contributed by atoms with van der Waals surface area (Å²) in [6.45, 7) is 12.9. The smallest absolute Gasteiger partial charge is 0.305 e.